The molecule has 1 aliphatic heterocycles. The number of carbonyl (C=O) groups excluding carboxylic acids is 2. The topological polar surface area (TPSA) is 89.4 Å². The normalized spacial score (nSPS) is 15.9. The average Bonchev–Trinajstić information content (AvgIpc) is 3.36. The smallest absolute Gasteiger partial charge is 0.220 e. The molecule has 6 nitrogen and oxygen atoms in total. The Labute approximate surface area is 163 Å². The summed E-state index contributed by atoms with van der Waals surface area (Å²) in [5.74, 6) is 0.613. The van der Waals surface area contributed by atoms with Crippen molar-refractivity contribution in [3.05, 3.63) is 29.3 Å². The lowest BCUT2D eigenvalue weighted by atomic mass is 9.96. The Hall–Kier alpha value is -1.99. The molecule has 7 heteroatoms. The van der Waals surface area contributed by atoms with Gasteiger partial charge in [0.25, 0.3) is 0 Å². The average molecular weight is 390 g/mol. The summed E-state index contributed by atoms with van der Waals surface area (Å²) in [7, 11) is 0. The van der Waals surface area contributed by atoms with Crippen molar-refractivity contribution < 1.29 is 14.1 Å². The lowest BCUT2D eigenvalue weighted by Crippen LogP contribution is -2.38. The number of piperidine rings is 1. The van der Waals surface area contributed by atoms with Crippen LogP contribution in [0.1, 0.15) is 55.4 Å². The van der Waals surface area contributed by atoms with Gasteiger partial charge in [-0.1, -0.05) is 24.1 Å². The van der Waals surface area contributed by atoms with Gasteiger partial charge in [0.2, 0.25) is 5.91 Å². The number of primary amides is 1. The van der Waals surface area contributed by atoms with Crippen molar-refractivity contribution in [2.24, 2.45) is 11.7 Å². The molecule has 27 heavy (non-hydrogen) atoms. The molecule has 0 aromatic carbocycles. The van der Waals surface area contributed by atoms with E-state index in [1.807, 2.05) is 17.5 Å². The predicted octanol–water partition coefficient (Wildman–Crippen LogP) is 3.73. The fourth-order valence-electron chi connectivity index (χ4n) is 3.49. The van der Waals surface area contributed by atoms with Crippen molar-refractivity contribution in [2.45, 2.75) is 44.9 Å². The highest BCUT2D eigenvalue weighted by Gasteiger charge is 2.22. The van der Waals surface area contributed by atoms with Crippen LogP contribution >= 0.6 is 11.3 Å². The molecule has 2 N–H and O–H groups in total. The zero-order chi connectivity index (χ0) is 19.1. The molecule has 3 rings (SSSR count). The van der Waals surface area contributed by atoms with E-state index in [0.29, 0.717) is 17.9 Å². The van der Waals surface area contributed by atoms with Crippen LogP contribution in [0.5, 0.6) is 0 Å². The Morgan fingerprint density at radius 1 is 1.22 bits per heavy atom. The highest BCUT2D eigenvalue weighted by molar-refractivity contribution is 7.13. The monoisotopic (exact) mass is 389 g/mol. The number of ketones is 1. The number of hydrogen-bond donors (Lipinski definition) is 1. The molecule has 0 radical (unpaired) electrons. The Kier molecular flexibility index (Phi) is 7.18. The number of carbonyl (C=O) groups is 2. The lowest BCUT2D eigenvalue weighted by Gasteiger charge is -2.30. The summed E-state index contributed by atoms with van der Waals surface area (Å²) < 4.78 is 5.27. The molecule has 0 saturated carbocycles. The summed E-state index contributed by atoms with van der Waals surface area (Å²) in [6.45, 7) is 2.99. The van der Waals surface area contributed by atoms with Gasteiger partial charge in [-0.3, -0.25) is 9.59 Å². The molecular weight excluding hydrogens is 362 g/mol. The van der Waals surface area contributed by atoms with Crippen LogP contribution in [0.15, 0.2) is 28.1 Å². The van der Waals surface area contributed by atoms with Crippen molar-refractivity contribution in [1.29, 1.82) is 0 Å². The van der Waals surface area contributed by atoms with E-state index in [-0.39, 0.29) is 17.6 Å². The van der Waals surface area contributed by atoms with Crippen molar-refractivity contribution in [2.75, 3.05) is 19.6 Å². The fraction of sp³-hybridized carbons (Fsp3) is 0.550. The number of aromatic nitrogens is 1. The van der Waals surface area contributed by atoms with Crippen LogP contribution in [-0.2, 0) is 4.79 Å². The lowest BCUT2D eigenvalue weighted by molar-refractivity contribution is -0.123. The first-order valence-corrected chi connectivity index (χ1v) is 10.6. The van der Waals surface area contributed by atoms with Gasteiger partial charge >= 0.3 is 0 Å². The summed E-state index contributed by atoms with van der Waals surface area (Å²) in [5.41, 5.74) is 5.79. The van der Waals surface area contributed by atoms with Crippen LogP contribution in [0, 0.1) is 5.92 Å². The number of rotatable bonds is 10. The first-order valence-electron chi connectivity index (χ1n) is 9.69. The van der Waals surface area contributed by atoms with Crippen LogP contribution in [0.25, 0.3) is 10.6 Å². The van der Waals surface area contributed by atoms with E-state index < -0.39 is 0 Å². The molecule has 146 valence electrons. The second-order valence-electron chi connectivity index (χ2n) is 7.16. The first kappa shape index (κ1) is 19.8. The molecule has 0 bridgehead atoms. The minimum atomic E-state index is -0.158. The minimum Gasteiger partial charge on any atom is -0.369 e. The Morgan fingerprint density at radius 3 is 2.70 bits per heavy atom. The molecular formula is C20H27N3O3S. The highest BCUT2D eigenvalue weighted by atomic mass is 32.1. The molecule has 1 saturated heterocycles. The number of nitrogens with zero attached hydrogens (tertiary/aromatic N) is 2. The number of Topliss-reactive ketones (excluding diaryl/α,β-unsaturated/α-hetero) is 1. The third-order valence-electron chi connectivity index (χ3n) is 5.18. The number of hydrogen-bond acceptors (Lipinski definition) is 6. The second kappa shape index (κ2) is 9.80. The van der Waals surface area contributed by atoms with E-state index >= 15 is 0 Å². The number of likely N-dealkylation sites (tertiary alicyclic amines) is 1. The van der Waals surface area contributed by atoms with Crippen LogP contribution in [-0.4, -0.2) is 41.4 Å². The molecule has 0 spiro atoms. The molecule has 2 aromatic heterocycles. The van der Waals surface area contributed by atoms with E-state index in [4.69, 9.17) is 10.3 Å². The van der Waals surface area contributed by atoms with Crippen molar-refractivity contribution in [3.63, 3.8) is 0 Å². The van der Waals surface area contributed by atoms with Crippen LogP contribution in [0.3, 0.4) is 0 Å². The zero-order valence-corrected chi connectivity index (χ0v) is 16.4. The van der Waals surface area contributed by atoms with Crippen LogP contribution < -0.4 is 5.73 Å². The van der Waals surface area contributed by atoms with Gasteiger partial charge in [0, 0.05) is 18.4 Å². The van der Waals surface area contributed by atoms with E-state index in [1.165, 1.54) is 0 Å². The van der Waals surface area contributed by atoms with Gasteiger partial charge in [0.1, 0.15) is 5.69 Å². The van der Waals surface area contributed by atoms with Crippen molar-refractivity contribution >= 4 is 23.0 Å². The molecule has 1 aliphatic rings. The van der Waals surface area contributed by atoms with E-state index in [2.05, 4.69) is 10.1 Å². The first-order chi connectivity index (χ1) is 13.1. The standard InChI is InChI=1S/C20H27N3O3S/c21-20(25)15-8-11-23(12-9-15)10-4-2-1-3-6-17(24)16-14-18(26-22-16)19-7-5-13-27-19/h5,7,13-15H,1-4,6,8-12H2,(H2,21,25). The Morgan fingerprint density at radius 2 is 2.00 bits per heavy atom. The number of amides is 1. The minimum absolute atomic E-state index is 0.0510. The van der Waals surface area contributed by atoms with Gasteiger partial charge in [-0.05, 0) is 56.8 Å². The summed E-state index contributed by atoms with van der Waals surface area (Å²) in [6, 6.07) is 5.64. The molecule has 0 unspecified atom stereocenters. The molecule has 0 aliphatic carbocycles. The fourth-order valence-corrected chi connectivity index (χ4v) is 4.16. The third kappa shape index (κ3) is 5.74. The van der Waals surface area contributed by atoms with Gasteiger partial charge in [0.05, 0.1) is 4.88 Å². The summed E-state index contributed by atoms with van der Waals surface area (Å²) >= 11 is 1.57. The summed E-state index contributed by atoms with van der Waals surface area (Å²) in [5, 5.41) is 5.88. The molecule has 2 aromatic rings. The number of thiophene rings is 1. The Bertz CT molecular complexity index is 734. The maximum Gasteiger partial charge on any atom is 0.220 e. The molecule has 1 amide bonds. The summed E-state index contributed by atoms with van der Waals surface area (Å²) in [4.78, 5) is 26.8. The SMILES string of the molecule is NC(=O)C1CCN(CCCCCCC(=O)c2cc(-c3cccs3)on2)CC1. The number of unbranched alkanes of at least 4 members (excludes halogenated alkanes) is 3. The van der Waals surface area contributed by atoms with Gasteiger partial charge in [-0.15, -0.1) is 11.3 Å². The quantitative estimate of drug-likeness (QED) is 0.494. The maximum absolute atomic E-state index is 12.2. The second-order valence-corrected chi connectivity index (χ2v) is 8.11. The van der Waals surface area contributed by atoms with E-state index in [1.54, 1.807) is 17.4 Å². The van der Waals surface area contributed by atoms with E-state index in [0.717, 1.165) is 63.0 Å². The van der Waals surface area contributed by atoms with Crippen LogP contribution in [0.4, 0.5) is 0 Å². The molecule has 3 heterocycles. The summed E-state index contributed by atoms with van der Waals surface area (Å²) in [6.07, 6.45) is 6.44. The van der Waals surface area contributed by atoms with Gasteiger partial charge in [-0.2, -0.15) is 0 Å². The van der Waals surface area contributed by atoms with E-state index in [9.17, 15) is 9.59 Å². The highest BCUT2D eigenvalue weighted by Crippen LogP contribution is 2.25. The maximum atomic E-state index is 12.2. The van der Waals surface area contributed by atoms with Crippen LogP contribution in [0.2, 0.25) is 0 Å². The predicted molar refractivity (Wildman–Crippen MR) is 106 cm³/mol. The largest absolute Gasteiger partial charge is 0.369 e. The van der Waals surface area contributed by atoms with Gasteiger partial charge in [0.15, 0.2) is 11.5 Å². The number of nitrogens with two attached hydrogens (primary N) is 1. The van der Waals surface area contributed by atoms with Gasteiger partial charge < -0.3 is 15.2 Å². The van der Waals surface area contributed by atoms with Gasteiger partial charge in [-0.25, -0.2) is 0 Å². The molecule has 1 fully saturated rings. The van der Waals surface area contributed by atoms with Crippen molar-refractivity contribution in [3.8, 4) is 10.6 Å². The molecule has 0 atom stereocenters. The van der Waals surface area contributed by atoms with Crippen molar-refractivity contribution in [1.82, 2.24) is 10.1 Å². The Balaban J connectivity index is 1.27. The zero-order valence-electron chi connectivity index (χ0n) is 15.6. The third-order valence-corrected chi connectivity index (χ3v) is 6.06.